The van der Waals surface area contributed by atoms with E-state index < -0.39 is 53.7 Å². The number of ether oxygens (including phenoxy) is 6. The van der Waals surface area contributed by atoms with Gasteiger partial charge in [0, 0.05) is 24.7 Å². The van der Waals surface area contributed by atoms with Crippen molar-refractivity contribution in [2.45, 2.75) is 135 Å². The molecule has 0 amide bonds. The maximum absolute atomic E-state index is 14.5. The van der Waals surface area contributed by atoms with Crippen LogP contribution in [-0.2, 0) is 28.5 Å². The van der Waals surface area contributed by atoms with Crippen molar-refractivity contribution in [2.24, 2.45) is 23.7 Å². The van der Waals surface area contributed by atoms with E-state index in [1.807, 2.05) is 45.9 Å². The first-order chi connectivity index (χ1) is 25.6. The lowest BCUT2D eigenvalue weighted by Gasteiger charge is -2.48. The topological polar surface area (TPSA) is 130 Å². The van der Waals surface area contributed by atoms with Gasteiger partial charge in [0.05, 0.1) is 36.6 Å². The first kappa shape index (κ1) is 40.1. The van der Waals surface area contributed by atoms with Crippen LogP contribution in [0.2, 0.25) is 0 Å². The van der Waals surface area contributed by atoms with Gasteiger partial charge in [0.1, 0.15) is 29.5 Å². The highest BCUT2D eigenvalue weighted by Gasteiger charge is 2.61. The Kier molecular flexibility index (Phi) is 12.1. The average molecular weight is 747 g/mol. The average Bonchev–Trinajstić information content (AvgIpc) is 3.47. The van der Waals surface area contributed by atoms with E-state index >= 15 is 0 Å². The van der Waals surface area contributed by atoms with Gasteiger partial charge in [0.2, 0.25) is 0 Å². The molecular weight excluding hydrogens is 688 g/mol. The summed E-state index contributed by atoms with van der Waals surface area (Å²) in [6.07, 6.45) is 11.3. The Morgan fingerprint density at radius 2 is 1.76 bits per heavy atom. The summed E-state index contributed by atoms with van der Waals surface area (Å²) in [6, 6.07) is 6.68. The van der Waals surface area contributed by atoms with Gasteiger partial charge in [-0.3, -0.25) is 4.79 Å². The molecule has 0 saturated carbocycles. The van der Waals surface area contributed by atoms with E-state index in [9.17, 15) is 19.8 Å². The molecule has 0 radical (unpaired) electrons. The highest BCUT2D eigenvalue weighted by Crippen LogP contribution is 2.48. The Balaban J connectivity index is 1.35. The van der Waals surface area contributed by atoms with E-state index in [1.165, 1.54) is 0 Å². The van der Waals surface area contributed by atoms with Gasteiger partial charge in [-0.25, -0.2) is 4.79 Å². The number of aliphatic hydroxyl groups is 2. The van der Waals surface area contributed by atoms with Crippen LogP contribution in [0.1, 0.15) is 91.4 Å². The molecule has 4 aliphatic heterocycles. The van der Waals surface area contributed by atoms with Crippen LogP contribution in [0.15, 0.2) is 83.5 Å². The van der Waals surface area contributed by atoms with Crippen molar-refractivity contribution in [1.82, 2.24) is 0 Å². The Hall–Kier alpha value is -3.54. The zero-order valence-corrected chi connectivity index (χ0v) is 32.9. The fourth-order valence-electron chi connectivity index (χ4n) is 8.42. The molecule has 294 valence electrons. The Bertz CT molecular complexity index is 1690. The number of rotatable bonds is 6. The van der Waals surface area contributed by atoms with Gasteiger partial charge < -0.3 is 38.6 Å². The molecule has 12 atom stereocenters. The maximum atomic E-state index is 14.5. The molecule has 0 aromatic heterocycles. The number of carbonyl (C=O) groups is 2. The van der Waals surface area contributed by atoms with E-state index in [4.69, 9.17) is 28.4 Å². The van der Waals surface area contributed by atoms with E-state index in [2.05, 4.69) is 26.8 Å². The minimum Gasteiger partial charge on any atom is -0.491 e. The Labute approximate surface area is 319 Å². The summed E-state index contributed by atoms with van der Waals surface area (Å²) in [6.45, 7) is 15.9. The zero-order valence-electron chi connectivity index (χ0n) is 32.9. The number of benzene rings is 1. The summed E-state index contributed by atoms with van der Waals surface area (Å²) in [7, 11) is 0. The molecule has 0 unspecified atom stereocenters. The maximum Gasteiger partial charge on any atom is 0.338 e. The molecule has 5 aliphatic rings. The van der Waals surface area contributed by atoms with Gasteiger partial charge in [0.15, 0.2) is 11.9 Å². The lowest BCUT2D eigenvalue weighted by Crippen LogP contribution is -2.59. The largest absolute Gasteiger partial charge is 0.491 e. The van der Waals surface area contributed by atoms with Crippen LogP contribution >= 0.6 is 0 Å². The highest BCUT2D eigenvalue weighted by atomic mass is 16.7. The van der Waals surface area contributed by atoms with E-state index in [-0.39, 0.29) is 49.1 Å². The van der Waals surface area contributed by atoms with Gasteiger partial charge in [-0.05, 0) is 87.1 Å². The standard InChI is InChI=1S/C44H58O10/c1-9-26(4)38-29(7)19-20-43(54-38)23-35-22-34(53-43)16-13-28(6)37(45)27(5)11-10-12-32-24-49-40-39(30(8)21-36(42(47)51-35)44(32,40)48)52-41(46)31-14-17-33(18-15-31)50-25(2)3/h10-15,17-21,25-27,29,34-40,45,48H,9,16,22-24H2,1-8H3/b11-10+,28-13+,32-12+/t26-,27-,29-,34+,35-,36-,37-,38+,39+,40+,43+,44+/m0/s1. The third-order valence-electron chi connectivity index (χ3n) is 11.7. The molecule has 1 aromatic rings. The summed E-state index contributed by atoms with van der Waals surface area (Å²) in [5.74, 6) is -2.63. The molecular formula is C44H58O10. The van der Waals surface area contributed by atoms with Crippen molar-refractivity contribution < 1.29 is 48.2 Å². The second-order valence-corrected chi connectivity index (χ2v) is 16.3. The van der Waals surface area contributed by atoms with E-state index in [0.29, 0.717) is 35.3 Å². The number of fused-ring (bicyclic) bond motifs is 2. The van der Waals surface area contributed by atoms with Crippen LogP contribution < -0.4 is 4.74 Å². The number of hydrogen-bond acceptors (Lipinski definition) is 10. The van der Waals surface area contributed by atoms with Crippen molar-refractivity contribution in [1.29, 1.82) is 0 Å². The third kappa shape index (κ3) is 8.19. The number of esters is 2. The summed E-state index contributed by atoms with van der Waals surface area (Å²) in [4.78, 5) is 28.0. The molecule has 1 aromatic carbocycles. The molecule has 1 spiro atoms. The van der Waals surface area contributed by atoms with Crippen LogP contribution in [0, 0.1) is 23.7 Å². The van der Waals surface area contributed by atoms with Crippen molar-refractivity contribution in [3.63, 3.8) is 0 Å². The van der Waals surface area contributed by atoms with Crippen molar-refractivity contribution >= 4 is 11.9 Å². The molecule has 2 N–H and O–H groups in total. The Morgan fingerprint density at radius 3 is 2.46 bits per heavy atom. The molecule has 1 aliphatic carbocycles. The van der Waals surface area contributed by atoms with Crippen LogP contribution in [0.25, 0.3) is 0 Å². The fraction of sp³-hybridized carbons (Fsp3) is 0.591. The molecule has 2 fully saturated rings. The first-order valence-corrected chi connectivity index (χ1v) is 19.6. The zero-order chi connectivity index (χ0) is 38.9. The number of aliphatic hydroxyl groups excluding tert-OH is 1. The second-order valence-electron chi connectivity index (χ2n) is 16.3. The van der Waals surface area contributed by atoms with E-state index in [1.54, 1.807) is 49.4 Å². The van der Waals surface area contributed by atoms with E-state index in [0.717, 1.165) is 12.0 Å². The van der Waals surface area contributed by atoms with Gasteiger partial charge >= 0.3 is 11.9 Å². The highest BCUT2D eigenvalue weighted by molar-refractivity contribution is 5.90. The lowest BCUT2D eigenvalue weighted by molar-refractivity contribution is -0.300. The molecule has 2 saturated heterocycles. The molecule has 6 rings (SSSR count). The van der Waals surface area contributed by atoms with Gasteiger partial charge in [-0.2, -0.15) is 0 Å². The monoisotopic (exact) mass is 746 g/mol. The molecule has 4 heterocycles. The number of carbonyl (C=O) groups excluding carboxylic acids is 2. The molecule has 10 nitrogen and oxygen atoms in total. The van der Waals surface area contributed by atoms with Crippen molar-refractivity contribution in [2.75, 3.05) is 6.61 Å². The van der Waals surface area contributed by atoms with Gasteiger partial charge in [-0.15, -0.1) is 0 Å². The molecule has 10 heteroatoms. The Morgan fingerprint density at radius 1 is 1.02 bits per heavy atom. The number of hydrogen-bond donors (Lipinski definition) is 2. The first-order valence-electron chi connectivity index (χ1n) is 19.6. The SMILES string of the molecule is CC[C@H](C)[C@H]1O[C@]2(C=C[C@@H]1C)C[C@@H]1C[C@@H](C/C=C(\C)[C@@H](O)[C@@H](C)/C=C/C=C3\CO[C@@H]4[C@H](OC(=O)c5ccc(OC(C)C)cc5)C(C)=C[C@@H](C(=O)O1)[C@]34O)O2. The van der Waals surface area contributed by atoms with Crippen LogP contribution in [0.3, 0.4) is 0 Å². The smallest absolute Gasteiger partial charge is 0.338 e. The summed E-state index contributed by atoms with van der Waals surface area (Å²) in [5.41, 5.74) is 0.227. The second kappa shape index (κ2) is 16.3. The quantitative estimate of drug-likeness (QED) is 0.233. The third-order valence-corrected chi connectivity index (χ3v) is 11.7. The summed E-state index contributed by atoms with van der Waals surface area (Å²) in [5, 5.41) is 24.0. The number of allylic oxidation sites excluding steroid dienone is 2. The normalized spacial score (nSPS) is 40.0. The molecule has 54 heavy (non-hydrogen) atoms. The van der Waals surface area contributed by atoms with Crippen LogP contribution in [0.5, 0.6) is 5.75 Å². The lowest BCUT2D eigenvalue weighted by atomic mass is 9.70. The van der Waals surface area contributed by atoms with Crippen LogP contribution in [0.4, 0.5) is 0 Å². The summed E-state index contributed by atoms with van der Waals surface area (Å²) < 4.78 is 37.9. The summed E-state index contributed by atoms with van der Waals surface area (Å²) >= 11 is 0. The van der Waals surface area contributed by atoms with Gasteiger partial charge in [0.25, 0.3) is 0 Å². The predicted octanol–water partition coefficient (Wildman–Crippen LogP) is 6.96. The van der Waals surface area contributed by atoms with Gasteiger partial charge in [-0.1, -0.05) is 70.6 Å². The van der Waals surface area contributed by atoms with Crippen LogP contribution in [-0.4, -0.2) is 82.9 Å². The molecule has 2 bridgehead atoms. The van der Waals surface area contributed by atoms with Crippen molar-refractivity contribution in [3.8, 4) is 5.75 Å². The fourth-order valence-corrected chi connectivity index (χ4v) is 8.42. The minimum absolute atomic E-state index is 0.00215. The van der Waals surface area contributed by atoms with Crippen molar-refractivity contribution in [3.05, 3.63) is 89.1 Å². The predicted molar refractivity (Wildman–Crippen MR) is 203 cm³/mol. The minimum atomic E-state index is -1.89.